The normalized spacial score (nSPS) is 13.6. The van der Waals surface area contributed by atoms with Crippen LogP contribution in [0.5, 0.6) is 0 Å². The molecular formula is C29H27N5O7. The minimum atomic E-state index is -0.847. The number of hydrazone groups is 1. The molecule has 2 aromatic carbocycles. The second kappa shape index (κ2) is 11.1. The highest BCUT2D eigenvalue weighted by molar-refractivity contribution is 6.07. The molecule has 3 amide bonds. The highest BCUT2D eigenvalue weighted by atomic mass is 16.6. The van der Waals surface area contributed by atoms with Crippen molar-refractivity contribution in [3.05, 3.63) is 97.7 Å². The number of nitrogens with one attached hydrogen (secondary N) is 3. The summed E-state index contributed by atoms with van der Waals surface area (Å²) >= 11 is 0. The number of para-hydroxylation sites is 1. The smallest absolute Gasteiger partial charge is 0.305 e. The number of fused-ring (bicyclic) bond motifs is 2. The van der Waals surface area contributed by atoms with Crippen LogP contribution in [-0.2, 0) is 17.6 Å². The molecule has 0 fully saturated rings. The third-order valence-electron chi connectivity index (χ3n) is 6.93. The first-order chi connectivity index (χ1) is 19.6. The molecule has 41 heavy (non-hydrogen) atoms. The van der Waals surface area contributed by atoms with Crippen molar-refractivity contribution in [3.8, 4) is 0 Å². The van der Waals surface area contributed by atoms with Gasteiger partial charge in [0, 0.05) is 34.6 Å². The van der Waals surface area contributed by atoms with Crippen LogP contribution in [0.4, 0.5) is 5.69 Å². The van der Waals surface area contributed by atoms with E-state index in [9.17, 15) is 24.5 Å². The molecule has 5 rings (SSSR count). The highest BCUT2D eigenvalue weighted by Crippen LogP contribution is 2.30. The fraction of sp³-hybridized carbons (Fsp3) is 0.241. The lowest BCUT2D eigenvalue weighted by Crippen LogP contribution is -2.42. The molecule has 0 saturated carbocycles. The molecule has 210 valence electrons. The standard InChI is InChI=1S/C29H27N5O7/c1-15-11-16(2)25-18(14-40-23(25)12-15)13-24(35)31-30-20-8-6-10-22-26(20)17(3)27(41-22)29(37)33-32-28(36)19-7-4-5-9-21(19)34(38)39/h4-5,7,9,11-12,14H,6,8,10,13H2,1-3H3,(H,31,35)(H,32,36)(H,33,37)/b30-20+. The van der Waals surface area contributed by atoms with Crippen LogP contribution in [0.1, 0.15) is 67.3 Å². The first kappa shape index (κ1) is 27.3. The Labute approximate surface area is 233 Å². The van der Waals surface area contributed by atoms with Gasteiger partial charge in [0.25, 0.3) is 11.6 Å². The van der Waals surface area contributed by atoms with Gasteiger partial charge < -0.3 is 8.83 Å². The van der Waals surface area contributed by atoms with Crippen molar-refractivity contribution in [2.75, 3.05) is 0 Å². The number of aryl methyl sites for hydroxylation is 3. The number of rotatable bonds is 6. The molecular weight excluding hydrogens is 530 g/mol. The topological polar surface area (TPSA) is 169 Å². The zero-order valence-corrected chi connectivity index (χ0v) is 22.6. The van der Waals surface area contributed by atoms with Crippen LogP contribution in [0.3, 0.4) is 0 Å². The van der Waals surface area contributed by atoms with Gasteiger partial charge in [0.05, 0.1) is 23.3 Å². The third-order valence-corrected chi connectivity index (χ3v) is 6.93. The van der Waals surface area contributed by atoms with Crippen molar-refractivity contribution in [2.24, 2.45) is 5.10 Å². The zero-order valence-electron chi connectivity index (χ0n) is 22.6. The molecule has 0 aliphatic heterocycles. The summed E-state index contributed by atoms with van der Waals surface area (Å²) in [7, 11) is 0. The average molecular weight is 558 g/mol. The van der Waals surface area contributed by atoms with Crippen LogP contribution in [0, 0.1) is 30.9 Å². The van der Waals surface area contributed by atoms with Crippen molar-refractivity contribution in [2.45, 2.75) is 46.5 Å². The largest absolute Gasteiger partial charge is 0.464 e. The molecule has 0 spiro atoms. The number of carbonyl (C=O) groups is 3. The average Bonchev–Trinajstić information content (AvgIpc) is 3.51. The molecule has 2 aromatic heterocycles. The molecule has 3 N–H and O–H groups in total. The number of nitro groups is 1. The number of nitro benzene ring substituents is 1. The van der Waals surface area contributed by atoms with E-state index < -0.39 is 22.4 Å². The summed E-state index contributed by atoms with van der Waals surface area (Å²) in [4.78, 5) is 48.7. The lowest BCUT2D eigenvalue weighted by Gasteiger charge is -2.13. The first-order valence-electron chi connectivity index (χ1n) is 12.9. The van der Waals surface area contributed by atoms with E-state index in [1.165, 1.54) is 24.3 Å². The van der Waals surface area contributed by atoms with Crippen molar-refractivity contribution >= 4 is 40.1 Å². The van der Waals surface area contributed by atoms with Gasteiger partial charge in [-0.15, -0.1) is 0 Å². The van der Waals surface area contributed by atoms with Gasteiger partial charge in [-0.1, -0.05) is 18.2 Å². The van der Waals surface area contributed by atoms with E-state index >= 15 is 0 Å². The predicted molar refractivity (Wildman–Crippen MR) is 148 cm³/mol. The summed E-state index contributed by atoms with van der Waals surface area (Å²) < 4.78 is 11.5. The minimum Gasteiger partial charge on any atom is -0.464 e. The monoisotopic (exact) mass is 557 g/mol. The van der Waals surface area contributed by atoms with Crippen LogP contribution >= 0.6 is 0 Å². The van der Waals surface area contributed by atoms with Gasteiger partial charge in [-0.3, -0.25) is 35.3 Å². The Balaban J connectivity index is 1.28. The van der Waals surface area contributed by atoms with Gasteiger partial charge in [-0.2, -0.15) is 5.10 Å². The van der Waals surface area contributed by atoms with Crippen LogP contribution < -0.4 is 16.3 Å². The van der Waals surface area contributed by atoms with E-state index in [4.69, 9.17) is 8.83 Å². The van der Waals surface area contributed by atoms with E-state index in [1.807, 2.05) is 26.0 Å². The molecule has 0 saturated heterocycles. The van der Waals surface area contributed by atoms with Crippen LogP contribution in [0.2, 0.25) is 0 Å². The number of hydrazine groups is 1. The van der Waals surface area contributed by atoms with Crippen LogP contribution in [0.15, 0.2) is 56.6 Å². The molecule has 1 aliphatic rings. The SMILES string of the molecule is Cc1cc(C)c2c(CC(=O)N/N=C3\CCCc4oc(C(=O)NNC(=O)c5ccccc5[N+](=O)[O-])c(C)c43)coc2c1. The molecule has 0 bridgehead atoms. The summed E-state index contributed by atoms with van der Waals surface area (Å²) in [5, 5.41) is 16.5. The number of furan rings is 2. The molecule has 12 heteroatoms. The number of hydrogen-bond donors (Lipinski definition) is 3. The molecule has 4 aromatic rings. The number of amides is 3. The van der Waals surface area contributed by atoms with Gasteiger partial charge in [0.1, 0.15) is 16.9 Å². The van der Waals surface area contributed by atoms with Gasteiger partial charge in [-0.05, 0) is 56.9 Å². The van der Waals surface area contributed by atoms with Gasteiger partial charge in [0.2, 0.25) is 5.91 Å². The fourth-order valence-electron chi connectivity index (χ4n) is 5.16. The summed E-state index contributed by atoms with van der Waals surface area (Å²) in [5.41, 5.74) is 11.8. The lowest BCUT2D eigenvalue weighted by molar-refractivity contribution is -0.385. The van der Waals surface area contributed by atoms with Crippen molar-refractivity contribution in [1.29, 1.82) is 0 Å². The van der Waals surface area contributed by atoms with E-state index in [0.717, 1.165) is 27.7 Å². The minimum absolute atomic E-state index is 0.0329. The Kier molecular flexibility index (Phi) is 7.38. The van der Waals surface area contributed by atoms with Crippen molar-refractivity contribution in [1.82, 2.24) is 16.3 Å². The number of carbonyl (C=O) groups excluding carboxylic acids is 3. The van der Waals surface area contributed by atoms with E-state index in [-0.39, 0.29) is 23.7 Å². The molecule has 0 atom stereocenters. The Morgan fingerprint density at radius 1 is 1.05 bits per heavy atom. The number of nitrogens with zero attached hydrogens (tertiary/aromatic N) is 2. The van der Waals surface area contributed by atoms with Gasteiger partial charge in [-0.25, -0.2) is 5.43 Å². The maximum Gasteiger partial charge on any atom is 0.305 e. The van der Waals surface area contributed by atoms with Gasteiger partial charge in [0.15, 0.2) is 5.76 Å². The predicted octanol–water partition coefficient (Wildman–Crippen LogP) is 4.33. The Hall–Kier alpha value is -5.26. The maximum absolute atomic E-state index is 12.9. The van der Waals surface area contributed by atoms with Crippen LogP contribution in [-0.4, -0.2) is 28.4 Å². The Bertz CT molecular complexity index is 1750. The number of benzene rings is 2. The van der Waals surface area contributed by atoms with E-state index in [0.29, 0.717) is 41.9 Å². The Morgan fingerprint density at radius 3 is 2.59 bits per heavy atom. The molecule has 2 heterocycles. The Morgan fingerprint density at radius 2 is 1.80 bits per heavy atom. The van der Waals surface area contributed by atoms with E-state index in [2.05, 4.69) is 21.4 Å². The maximum atomic E-state index is 12.9. The summed E-state index contributed by atoms with van der Waals surface area (Å²) in [6.45, 7) is 5.64. The summed E-state index contributed by atoms with van der Waals surface area (Å²) in [6.07, 6.45) is 3.50. The lowest BCUT2D eigenvalue weighted by atomic mass is 9.93. The molecule has 0 unspecified atom stereocenters. The van der Waals surface area contributed by atoms with Crippen LogP contribution in [0.25, 0.3) is 11.0 Å². The van der Waals surface area contributed by atoms with Crippen molar-refractivity contribution < 1.29 is 28.1 Å². The van der Waals surface area contributed by atoms with Gasteiger partial charge >= 0.3 is 5.91 Å². The second-order valence-electron chi connectivity index (χ2n) is 9.88. The fourth-order valence-corrected chi connectivity index (χ4v) is 5.16. The molecule has 12 nitrogen and oxygen atoms in total. The van der Waals surface area contributed by atoms with Crippen molar-refractivity contribution in [3.63, 3.8) is 0 Å². The molecule has 0 radical (unpaired) electrons. The first-order valence-corrected chi connectivity index (χ1v) is 12.9. The zero-order chi connectivity index (χ0) is 29.3. The second-order valence-corrected chi connectivity index (χ2v) is 9.88. The number of hydrogen-bond acceptors (Lipinski definition) is 8. The highest BCUT2D eigenvalue weighted by Gasteiger charge is 2.29. The summed E-state index contributed by atoms with van der Waals surface area (Å²) in [5.74, 6) is -1.38. The third kappa shape index (κ3) is 5.44. The molecule has 1 aliphatic carbocycles. The summed E-state index contributed by atoms with van der Waals surface area (Å²) in [6, 6.07) is 9.36. The quantitative estimate of drug-likeness (QED) is 0.234. The van der Waals surface area contributed by atoms with E-state index in [1.54, 1.807) is 13.2 Å².